The summed E-state index contributed by atoms with van der Waals surface area (Å²) in [4.78, 5) is 23.0. The molecule has 0 unspecified atom stereocenters. The van der Waals surface area contributed by atoms with E-state index in [1.54, 1.807) is 13.3 Å². The average molecular weight is 576 g/mol. The van der Waals surface area contributed by atoms with Gasteiger partial charge in [0.25, 0.3) is 0 Å². The van der Waals surface area contributed by atoms with Gasteiger partial charge in [0.05, 0.1) is 31.6 Å². The number of halogens is 1. The van der Waals surface area contributed by atoms with Crippen LogP contribution in [-0.4, -0.2) is 84.8 Å². The Kier molecular flexibility index (Phi) is 7.37. The van der Waals surface area contributed by atoms with Gasteiger partial charge in [-0.3, -0.25) is 9.74 Å². The quantitative estimate of drug-likeness (QED) is 0.413. The molecule has 0 radical (unpaired) electrons. The van der Waals surface area contributed by atoms with E-state index in [0.717, 1.165) is 48.7 Å². The van der Waals surface area contributed by atoms with E-state index >= 15 is 0 Å². The van der Waals surface area contributed by atoms with Crippen molar-refractivity contribution >= 4 is 34.7 Å². The lowest BCUT2D eigenvalue weighted by Crippen LogP contribution is -2.52. The molecule has 2 aromatic carbocycles. The Morgan fingerprint density at radius 3 is 2.56 bits per heavy atom. The van der Waals surface area contributed by atoms with Gasteiger partial charge in [-0.1, -0.05) is 41.9 Å². The van der Waals surface area contributed by atoms with Crippen LogP contribution in [0.15, 0.2) is 54.7 Å². The predicted molar refractivity (Wildman–Crippen MR) is 162 cm³/mol. The van der Waals surface area contributed by atoms with Gasteiger partial charge in [0.1, 0.15) is 10.8 Å². The first-order chi connectivity index (χ1) is 20.1. The van der Waals surface area contributed by atoms with Gasteiger partial charge >= 0.3 is 0 Å². The van der Waals surface area contributed by atoms with Crippen molar-refractivity contribution in [3.63, 3.8) is 0 Å². The number of hydrogen-bond donors (Lipinski definition) is 1. The second kappa shape index (κ2) is 11.3. The zero-order valence-corrected chi connectivity index (χ0v) is 24.5. The number of ether oxygens (including phenoxy) is 1. The molecule has 9 nitrogen and oxygen atoms in total. The van der Waals surface area contributed by atoms with Crippen LogP contribution in [0.1, 0.15) is 37.3 Å². The molecule has 2 bridgehead atoms. The number of hydrogen-bond acceptors (Lipinski definition) is 9. The van der Waals surface area contributed by atoms with Crippen LogP contribution in [-0.2, 0) is 4.84 Å². The molecule has 4 fully saturated rings. The number of fused-ring (bicyclic) bond motifs is 2. The number of aromatic nitrogens is 2. The number of methoxy groups -OCH3 is 1. The highest BCUT2D eigenvalue weighted by Crippen LogP contribution is 2.39. The first-order valence-electron chi connectivity index (χ1n) is 14.7. The number of rotatable bonds is 7. The van der Waals surface area contributed by atoms with Gasteiger partial charge in [0, 0.05) is 62.5 Å². The SMILES string of the molecule is COc1cc(Nc2ncc(Cl)c(N3OCC[C@H]3c3ccccc3)n2)ccc1N1CCC(N2C[C@@H]3C[C@H]2CN3C)CC1. The molecule has 216 valence electrons. The largest absolute Gasteiger partial charge is 0.495 e. The zero-order chi connectivity index (χ0) is 27.9. The molecule has 1 aromatic heterocycles. The highest BCUT2D eigenvalue weighted by atomic mass is 35.5. The summed E-state index contributed by atoms with van der Waals surface area (Å²) in [6.45, 7) is 5.15. The monoisotopic (exact) mass is 575 g/mol. The third kappa shape index (κ3) is 5.20. The summed E-state index contributed by atoms with van der Waals surface area (Å²) in [6.07, 6.45) is 6.21. The Bertz CT molecular complexity index is 1370. The van der Waals surface area contributed by atoms with Gasteiger partial charge in [0.2, 0.25) is 5.95 Å². The van der Waals surface area contributed by atoms with E-state index in [0.29, 0.717) is 29.4 Å². The number of nitrogens with zero attached hydrogens (tertiary/aromatic N) is 6. The van der Waals surface area contributed by atoms with Gasteiger partial charge in [-0.2, -0.15) is 4.98 Å². The molecule has 5 heterocycles. The smallest absolute Gasteiger partial charge is 0.229 e. The van der Waals surface area contributed by atoms with Crippen molar-refractivity contribution in [2.24, 2.45) is 0 Å². The van der Waals surface area contributed by atoms with Gasteiger partial charge in [-0.15, -0.1) is 0 Å². The van der Waals surface area contributed by atoms with E-state index in [4.69, 9.17) is 26.2 Å². The Balaban J connectivity index is 1.03. The minimum Gasteiger partial charge on any atom is -0.495 e. The van der Waals surface area contributed by atoms with Crippen LogP contribution >= 0.6 is 11.6 Å². The van der Waals surface area contributed by atoms with Crippen molar-refractivity contribution in [3.05, 3.63) is 65.3 Å². The van der Waals surface area contributed by atoms with E-state index in [1.807, 2.05) is 29.3 Å². The number of anilines is 4. The molecule has 1 N–H and O–H groups in total. The van der Waals surface area contributed by atoms with Crippen molar-refractivity contribution in [2.75, 3.05) is 62.2 Å². The maximum Gasteiger partial charge on any atom is 0.229 e. The van der Waals surface area contributed by atoms with Crippen LogP contribution in [0.5, 0.6) is 5.75 Å². The fourth-order valence-corrected chi connectivity index (χ4v) is 7.33. The molecule has 0 saturated carbocycles. The number of likely N-dealkylation sites (N-methyl/N-ethyl adjacent to an activating group) is 1. The molecule has 4 aliphatic heterocycles. The average Bonchev–Trinajstić information content (AvgIpc) is 3.75. The van der Waals surface area contributed by atoms with Crippen molar-refractivity contribution in [2.45, 2.75) is 49.9 Å². The lowest BCUT2D eigenvalue weighted by atomic mass is 10.0. The van der Waals surface area contributed by atoms with Gasteiger partial charge in [-0.25, -0.2) is 10.0 Å². The number of likely N-dealkylation sites (tertiary alicyclic amines) is 2. The summed E-state index contributed by atoms with van der Waals surface area (Å²) in [5.41, 5.74) is 3.15. The number of piperazine rings is 1. The Labute approximate surface area is 247 Å². The highest BCUT2D eigenvalue weighted by molar-refractivity contribution is 6.32. The van der Waals surface area contributed by atoms with E-state index in [-0.39, 0.29) is 6.04 Å². The Morgan fingerprint density at radius 1 is 1.00 bits per heavy atom. The summed E-state index contributed by atoms with van der Waals surface area (Å²) in [6, 6.07) is 18.8. The second-order valence-corrected chi connectivity index (χ2v) is 12.1. The molecule has 4 aliphatic rings. The maximum atomic E-state index is 6.56. The Morgan fingerprint density at radius 2 is 1.83 bits per heavy atom. The maximum absolute atomic E-state index is 6.56. The fraction of sp³-hybridized carbons (Fsp3) is 0.484. The second-order valence-electron chi connectivity index (χ2n) is 11.6. The lowest BCUT2D eigenvalue weighted by molar-refractivity contribution is 0.0929. The summed E-state index contributed by atoms with van der Waals surface area (Å²) in [5, 5.41) is 5.60. The van der Waals surface area contributed by atoms with Gasteiger partial charge in [0.15, 0.2) is 5.82 Å². The summed E-state index contributed by atoms with van der Waals surface area (Å²) in [7, 11) is 4.01. The summed E-state index contributed by atoms with van der Waals surface area (Å²) in [5.74, 6) is 1.85. The van der Waals surface area contributed by atoms with E-state index in [9.17, 15) is 0 Å². The molecule has 41 heavy (non-hydrogen) atoms. The molecule has 4 saturated heterocycles. The van der Waals surface area contributed by atoms with Crippen LogP contribution in [0, 0.1) is 0 Å². The fourth-order valence-electron chi connectivity index (χ4n) is 7.16. The predicted octanol–water partition coefficient (Wildman–Crippen LogP) is 5.12. The van der Waals surface area contributed by atoms with Crippen molar-refractivity contribution in [1.29, 1.82) is 0 Å². The summed E-state index contributed by atoms with van der Waals surface area (Å²) < 4.78 is 5.86. The normalized spacial score (nSPS) is 25.3. The Hall–Kier alpha value is -3.11. The molecule has 7 rings (SSSR count). The number of nitrogens with one attached hydrogen (secondary N) is 1. The number of piperidine rings is 1. The van der Waals surface area contributed by atoms with Gasteiger partial charge in [-0.05, 0) is 44.0 Å². The molecule has 3 atom stereocenters. The third-order valence-electron chi connectivity index (χ3n) is 9.29. The van der Waals surface area contributed by atoms with Crippen molar-refractivity contribution < 1.29 is 9.57 Å². The highest BCUT2D eigenvalue weighted by Gasteiger charge is 2.44. The first kappa shape index (κ1) is 26.8. The molecular formula is C31H38ClN7O2. The van der Waals surface area contributed by atoms with Crippen LogP contribution in [0.3, 0.4) is 0 Å². The number of hydroxylamine groups is 1. The first-order valence-corrected chi connectivity index (χ1v) is 15.1. The van der Waals surface area contributed by atoms with Crippen LogP contribution < -0.4 is 20.0 Å². The van der Waals surface area contributed by atoms with Crippen molar-refractivity contribution in [1.82, 2.24) is 19.8 Å². The lowest BCUT2D eigenvalue weighted by Gasteiger charge is -2.42. The van der Waals surface area contributed by atoms with E-state index in [2.05, 4.69) is 56.3 Å². The molecule has 0 spiro atoms. The van der Waals surface area contributed by atoms with Crippen LogP contribution in [0.25, 0.3) is 0 Å². The third-order valence-corrected chi connectivity index (χ3v) is 9.56. The van der Waals surface area contributed by atoms with Crippen LogP contribution in [0.2, 0.25) is 5.02 Å². The standard InChI is InChI=1S/C31H38ClN7O2/c1-36-19-25-17-24(36)20-38(25)23-10-13-37(14-11-23)28-9-8-22(16-29(28)40-2)34-31-33-18-26(32)30(35-31)39-27(12-15-41-39)21-6-4-3-5-7-21/h3-9,16,18,23-25,27H,10-15,17,19-20H2,1-2H3,(H,33,34,35)/t24-,25-,27-/m0/s1. The minimum absolute atomic E-state index is 0.0434. The number of benzene rings is 2. The van der Waals surface area contributed by atoms with E-state index in [1.165, 1.54) is 37.9 Å². The molecule has 0 aliphatic carbocycles. The molecule has 0 amide bonds. The molecular weight excluding hydrogens is 538 g/mol. The van der Waals surface area contributed by atoms with E-state index < -0.39 is 0 Å². The zero-order valence-electron chi connectivity index (χ0n) is 23.7. The summed E-state index contributed by atoms with van der Waals surface area (Å²) >= 11 is 6.56. The molecule has 10 heteroatoms. The van der Waals surface area contributed by atoms with Gasteiger partial charge < -0.3 is 19.9 Å². The topological polar surface area (TPSA) is 69.2 Å². The minimum atomic E-state index is 0.0434. The van der Waals surface area contributed by atoms with Crippen LogP contribution in [0.4, 0.5) is 23.1 Å². The molecule has 3 aromatic rings. The van der Waals surface area contributed by atoms with Crippen molar-refractivity contribution in [3.8, 4) is 5.75 Å².